The Hall–Kier alpha value is -2.69. The minimum absolute atomic E-state index is 0.0166. The maximum absolute atomic E-state index is 12.9. The number of benzene rings is 1. The summed E-state index contributed by atoms with van der Waals surface area (Å²) < 4.78 is 0. The third-order valence-corrected chi connectivity index (χ3v) is 5.31. The number of carbonyl (C=O) groups excluding carboxylic acids is 2. The summed E-state index contributed by atoms with van der Waals surface area (Å²) in [6, 6.07) is 15.3. The molecular formula is C21H23N3O2. The lowest BCUT2D eigenvalue weighted by molar-refractivity contribution is -0.137. The van der Waals surface area contributed by atoms with E-state index < -0.39 is 0 Å². The van der Waals surface area contributed by atoms with E-state index in [1.165, 1.54) is 5.56 Å². The zero-order valence-electron chi connectivity index (χ0n) is 14.9. The van der Waals surface area contributed by atoms with Gasteiger partial charge in [-0.15, -0.1) is 0 Å². The molecule has 2 amide bonds. The molecule has 1 N–H and O–H groups in total. The van der Waals surface area contributed by atoms with Crippen LogP contribution in [-0.4, -0.2) is 34.3 Å². The molecule has 0 bridgehead atoms. The van der Waals surface area contributed by atoms with Gasteiger partial charge in [0.05, 0.1) is 0 Å². The molecule has 5 nitrogen and oxygen atoms in total. The fourth-order valence-corrected chi connectivity index (χ4v) is 3.87. The lowest BCUT2D eigenvalue weighted by atomic mass is 10.1. The van der Waals surface area contributed by atoms with E-state index in [0.717, 1.165) is 18.5 Å². The van der Waals surface area contributed by atoms with E-state index in [1.807, 2.05) is 37.3 Å². The molecule has 2 heterocycles. The van der Waals surface area contributed by atoms with E-state index in [0.29, 0.717) is 24.7 Å². The number of hydrogen-bond donors (Lipinski definition) is 1. The molecule has 2 aromatic rings. The topological polar surface area (TPSA) is 62.3 Å². The Morgan fingerprint density at radius 3 is 2.69 bits per heavy atom. The van der Waals surface area contributed by atoms with E-state index in [9.17, 15) is 9.59 Å². The van der Waals surface area contributed by atoms with Gasteiger partial charge in [0.2, 0.25) is 11.8 Å². The van der Waals surface area contributed by atoms with E-state index >= 15 is 0 Å². The highest BCUT2D eigenvalue weighted by atomic mass is 16.2. The molecule has 0 unspecified atom stereocenters. The van der Waals surface area contributed by atoms with Crippen LogP contribution in [-0.2, 0) is 9.59 Å². The van der Waals surface area contributed by atoms with Crippen LogP contribution in [0.4, 0.5) is 5.82 Å². The number of nitrogens with zero attached hydrogens (tertiary/aromatic N) is 2. The largest absolute Gasteiger partial charge is 0.330 e. The summed E-state index contributed by atoms with van der Waals surface area (Å²) in [7, 11) is 0. The molecule has 4 rings (SSSR count). The lowest BCUT2D eigenvalue weighted by Crippen LogP contribution is -2.44. The van der Waals surface area contributed by atoms with Crippen LogP contribution in [0.1, 0.15) is 36.4 Å². The van der Waals surface area contributed by atoms with Gasteiger partial charge in [0, 0.05) is 18.2 Å². The van der Waals surface area contributed by atoms with Crippen LogP contribution in [0.15, 0.2) is 48.5 Å². The molecule has 2 aliphatic rings. The van der Waals surface area contributed by atoms with Crippen molar-refractivity contribution < 1.29 is 9.59 Å². The number of aryl methyl sites for hydroxylation is 1. The second-order valence-electron chi connectivity index (χ2n) is 7.20. The minimum atomic E-state index is -0.387. The molecule has 1 saturated carbocycles. The quantitative estimate of drug-likeness (QED) is 0.922. The van der Waals surface area contributed by atoms with Crippen molar-refractivity contribution in [1.29, 1.82) is 0 Å². The minimum Gasteiger partial charge on any atom is -0.330 e. The number of hydrogen-bond acceptors (Lipinski definition) is 3. The first kappa shape index (κ1) is 16.8. The summed E-state index contributed by atoms with van der Waals surface area (Å²) in [6.07, 6.45) is 2.47. The molecule has 0 radical (unpaired) electrons. The van der Waals surface area contributed by atoms with Gasteiger partial charge in [0.25, 0.3) is 0 Å². The van der Waals surface area contributed by atoms with Gasteiger partial charge in [-0.3, -0.25) is 9.59 Å². The van der Waals surface area contributed by atoms with Crippen molar-refractivity contribution in [3.05, 3.63) is 59.8 Å². The average Bonchev–Trinajstić information content (AvgIpc) is 3.29. The molecule has 1 saturated heterocycles. The number of anilines is 1. The number of carbonyl (C=O) groups is 2. The van der Waals surface area contributed by atoms with Gasteiger partial charge in [-0.25, -0.2) is 4.98 Å². The summed E-state index contributed by atoms with van der Waals surface area (Å²) >= 11 is 0. The standard InChI is InChI=1S/C21H23N3O2/c1-14-7-5-11-19(22-14)23-20(25)18-10-6-12-24(18)21(26)17-13-16(17)15-8-3-2-4-9-15/h2-5,7-9,11,16-18H,6,10,12-13H2,1H3,(H,22,23,25)/t16-,17-,18+/m1/s1. The van der Waals surface area contributed by atoms with Gasteiger partial charge in [-0.2, -0.15) is 0 Å². The molecule has 0 spiro atoms. The molecule has 5 heteroatoms. The molecule has 1 aromatic carbocycles. The van der Waals surface area contributed by atoms with Crippen molar-refractivity contribution in [3.63, 3.8) is 0 Å². The smallest absolute Gasteiger partial charge is 0.248 e. The monoisotopic (exact) mass is 349 g/mol. The maximum atomic E-state index is 12.9. The SMILES string of the molecule is Cc1cccc(NC(=O)[C@@H]2CCCN2C(=O)[C@@H]2C[C@@H]2c2ccccc2)n1. The Bertz CT molecular complexity index is 821. The van der Waals surface area contributed by atoms with E-state index in [2.05, 4.69) is 22.4 Å². The van der Waals surface area contributed by atoms with Crippen molar-refractivity contribution in [1.82, 2.24) is 9.88 Å². The number of nitrogens with one attached hydrogen (secondary N) is 1. The Labute approximate surface area is 153 Å². The maximum Gasteiger partial charge on any atom is 0.248 e. The summed E-state index contributed by atoms with van der Waals surface area (Å²) in [5.41, 5.74) is 2.07. The average molecular weight is 349 g/mol. The van der Waals surface area contributed by atoms with Crippen LogP contribution < -0.4 is 5.32 Å². The highest BCUT2D eigenvalue weighted by Crippen LogP contribution is 2.49. The molecule has 1 aliphatic heterocycles. The van der Waals surface area contributed by atoms with Crippen molar-refractivity contribution in [2.45, 2.75) is 38.1 Å². The first-order valence-electron chi connectivity index (χ1n) is 9.23. The molecule has 1 aliphatic carbocycles. The van der Waals surface area contributed by atoms with Crippen molar-refractivity contribution in [2.75, 3.05) is 11.9 Å². The van der Waals surface area contributed by atoms with Gasteiger partial charge >= 0.3 is 0 Å². The third-order valence-electron chi connectivity index (χ3n) is 5.31. The van der Waals surface area contributed by atoms with Crippen LogP contribution in [0.5, 0.6) is 0 Å². The Kier molecular flexibility index (Phi) is 4.45. The Balaban J connectivity index is 1.42. The lowest BCUT2D eigenvalue weighted by Gasteiger charge is -2.24. The highest BCUT2D eigenvalue weighted by molar-refractivity contribution is 5.97. The summed E-state index contributed by atoms with van der Waals surface area (Å²) in [5, 5.41) is 2.87. The molecule has 3 atom stereocenters. The summed E-state index contributed by atoms with van der Waals surface area (Å²) in [5.74, 6) is 0.844. The Morgan fingerprint density at radius 1 is 1.12 bits per heavy atom. The van der Waals surface area contributed by atoms with Crippen LogP contribution >= 0.6 is 0 Å². The van der Waals surface area contributed by atoms with Crippen molar-refractivity contribution in [2.24, 2.45) is 5.92 Å². The number of amides is 2. The normalized spacial score (nSPS) is 24.3. The van der Waals surface area contributed by atoms with Gasteiger partial charge in [0.15, 0.2) is 0 Å². The van der Waals surface area contributed by atoms with Gasteiger partial charge in [-0.1, -0.05) is 36.4 Å². The van der Waals surface area contributed by atoms with Crippen LogP contribution in [0.2, 0.25) is 0 Å². The third kappa shape index (κ3) is 3.34. The second-order valence-corrected chi connectivity index (χ2v) is 7.20. The number of aromatic nitrogens is 1. The van der Waals surface area contributed by atoms with Crippen LogP contribution in [0, 0.1) is 12.8 Å². The highest BCUT2D eigenvalue weighted by Gasteiger charge is 2.48. The first-order chi connectivity index (χ1) is 12.6. The second kappa shape index (κ2) is 6.90. The molecule has 26 heavy (non-hydrogen) atoms. The van der Waals surface area contributed by atoms with E-state index in [1.54, 1.807) is 11.0 Å². The van der Waals surface area contributed by atoms with Crippen molar-refractivity contribution >= 4 is 17.6 Å². The van der Waals surface area contributed by atoms with Crippen molar-refractivity contribution in [3.8, 4) is 0 Å². The fraction of sp³-hybridized carbons (Fsp3) is 0.381. The van der Waals surface area contributed by atoms with Crippen LogP contribution in [0.3, 0.4) is 0 Å². The zero-order chi connectivity index (χ0) is 18.1. The van der Waals surface area contributed by atoms with E-state index in [4.69, 9.17) is 0 Å². The molecule has 2 fully saturated rings. The summed E-state index contributed by atoms with van der Waals surface area (Å²) in [6.45, 7) is 2.55. The predicted octanol–water partition coefficient (Wildman–Crippen LogP) is 3.12. The first-order valence-corrected chi connectivity index (χ1v) is 9.23. The predicted molar refractivity (Wildman–Crippen MR) is 99.6 cm³/mol. The van der Waals surface area contributed by atoms with Gasteiger partial charge < -0.3 is 10.2 Å². The molecule has 1 aromatic heterocycles. The number of rotatable bonds is 4. The van der Waals surface area contributed by atoms with Crippen LogP contribution in [0.25, 0.3) is 0 Å². The summed E-state index contributed by atoms with van der Waals surface area (Å²) in [4.78, 5) is 31.7. The zero-order valence-corrected chi connectivity index (χ0v) is 14.9. The van der Waals surface area contributed by atoms with E-state index in [-0.39, 0.29) is 23.8 Å². The number of likely N-dealkylation sites (tertiary alicyclic amines) is 1. The molecular weight excluding hydrogens is 326 g/mol. The molecule has 134 valence electrons. The Morgan fingerprint density at radius 2 is 1.92 bits per heavy atom. The van der Waals surface area contributed by atoms with Gasteiger partial charge in [-0.05, 0) is 49.8 Å². The van der Waals surface area contributed by atoms with Gasteiger partial charge in [0.1, 0.15) is 11.9 Å². The fourth-order valence-electron chi connectivity index (χ4n) is 3.87. The number of pyridine rings is 1.